The summed E-state index contributed by atoms with van der Waals surface area (Å²) in [5.74, 6) is -2.04. The summed E-state index contributed by atoms with van der Waals surface area (Å²) in [6.45, 7) is 2.88. The third kappa shape index (κ3) is 4.42. The summed E-state index contributed by atoms with van der Waals surface area (Å²) in [6, 6.07) is 6.01. The van der Waals surface area contributed by atoms with Crippen LogP contribution in [0.1, 0.15) is 22.8 Å². The van der Waals surface area contributed by atoms with Crippen LogP contribution in [0.3, 0.4) is 0 Å². The van der Waals surface area contributed by atoms with E-state index in [2.05, 4.69) is 10.6 Å². The molecule has 0 fully saturated rings. The number of carbonyl (C=O) groups is 3. The van der Waals surface area contributed by atoms with E-state index in [-0.39, 0.29) is 12.5 Å². The van der Waals surface area contributed by atoms with E-state index in [0.29, 0.717) is 5.56 Å². The smallest absolute Gasteiger partial charge is 0.325 e. The first-order valence-electron chi connectivity index (χ1n) is 5.78. The van der Waals surface area contributed by atoms with Gasteiger partial charge in [0, 0.05) is 5.56 Å². The third-order valence-corrected chi connectivity index (χ3v) is 2.55. The van der Waals surface area contributed by atoms with Gasteiger partial charge in [0.1, 0.15) is 6.04 Å². The number of hydrogen-bond acceptors (Lipinski definition) is 3. The number of benzene rings is 1. The Balaban J connectivity index is 2.49. The molecule has 6 nitrogen and oxygen atoms in total. The van der Waals surface area contributed by atoms with Gasteiger partial charge in [0.25, 0.3) is 5.91 Å². The summed E-state index contributed by atoms with van der Waals surface area (Å²) in [5, 5.41) is 13.3. The van der Waals surface area contributed by atoms with Crippen molar-refractivity contribution in [3.05, 3.63) is 35.4 Å². The van der Waals surface area contributed by atoms with Crippen LogP contribution >= 0.6 is 0 Å². The van der Waals surface area contributed by atoms with Crippen LogP contribution in [0.5, 0.6) is 0 Å². The minimum absolute atomic E-state index is 0.259. The molecule has 0 bridgehead atoms. The molecule has 0 aliphatic rings. The van der Waals surface area contributed by atoms with E-state index < -0.39 is 17.9 Å². The number of carboxylic acid groups (broad SMARTS) is 1. The molecule has 0 saturated heterocycles. The van der Waals surface area contributed by atoms with Crippen LogP contribution < -0.4 is 10.6 Å². The molecule has 1 aromatic carbocycles. The lowest BCUT2D eigenvalue weighted by atomic mass is 10.1. The highest BCUT2D eigenvalue weighted by atomic mass is 16.4. The van der Waals surface area contributed by atoms with Crippen molar-refractivity contribution in [2.75, 3.05) is 6.54 Å². The maximum absolute atomic E-state index is 11.8. The number of aliphatic carboxylic acids is 1. The van der Waals surface area contributed by atoms with Gasteiger partial charge in [0.05, 0.1) is 6.54 Å². The average molecular weight is 264 g/mol. The van der Waals surface area contributed by atoms with Crippen molar-refractivity contribution < 1.29 is 19.5 Å². The van der Waals surface area contributed by atoms with Gasteiger partial charge in [0.15, 0.2) is 0 Å². The van der Waals surface area contributed by atoms with Gasteiger partial charge in [-0.1, -0.05) is 18.2 Å². The molecular weight excluding hydrogens is 248 g/mol. The Morgan fingerprint density at radius 1 is 1.26 bits per heavy atom. The van der Waals surface area contributed by atoms with Crippen LogP contribution in [0.2, 0.25) is 0 Å². The monoisotopic (exact) mass is 264 g/mol. The minimum atomic E-state index is -1.13. The summed E-state index contributed by atoms with van der Waals surface area (Å²) in [7, 11) is 0. The Labute approximate surface area is 110 Å². The summed E-state index contributed by atoms with van der Waals surface area (Å²) in [6.07, 6.45) is 0. The Morgan fingerprint density at radius 3 is 2.47 bits per heavy atom. The molecule has 1 aromatic rings. The highest BCUT2D eigenvalue weighted by Crippen LogP contribution is 2.05. The van der Waals surface area contributed by atoms with E-state index in [1.54, 1.807) is 25.1 Å². The number of rotatable bonds is 5. The average Bonchev–Trinajstić information content (AvgIpc) is 2.36. The third-order valence-electron chi connectivity index (χ3n) is 2.55. The van der Waals surface area contributed by atoms with Gasteiger partial charge in [0.2, 0.25) is 5.91 Å². The van der Waals surface area contributed by atoms with E-state index in [9.17, 15) is 14.4 Å². The SMILES string of the molecule is Cc1ccccc1C(=O)NCC(=O)NC(C)C(=O)O. The zero-order chi connectivity index (χ0) is 14.4. The number of nitrogens with one attached hydrogen (secondary N) is 2. The standard InChI is InChI=1S/C13H16N2O4/c1-8-5-3-4-6-10(8)12(17)14-7-11(16)15-9(2)13(18)19/h3-6,9H,7H2,1-2H3,(H,14,17)(H,15,16)(H,18,19). The number of carbonyl (C=O) groups excluding carboxylic acids is 2. The highest BCUT2D eigenvalue weighted by molar-refractivity contribution is 5.97. The first-order valence-corrected chi connectivity index (χ1v) is 5.78. The fourth-order valence-electron chi connectivity index (χ4n) is 1.44. The van der Waals surface area contributed by atoms with E-state index in [1.807, 2.05) is 6.07 Å². The lowest BCUT2D eigenvalue weighted by molar-refractivity contribution is -0.141. The van der Waals surface area contributed by atoms with Gasteiger partial charge < -0.3 is 15.7 Å². The first kappa shape index (κ1) is 14.7. The minimum Gasteiger partial charge on any atom is -0.480 e. The van der Waals surface area contributed by atoms with Crippen molar-refractivity contribution in [3.8, 4) is 0 Å². The predicted molar refractivity (Wildman–Crippen MR) is 68.8 cm³/mol. The Morgan fingerprint density at radius 2 is 1.89 bits per heavy atom. The highest BCUT2D eigenvalue weighted by Gasteiger charge is 2.15. The van der Waals surface area contributed by atoms with Gasteiger partial charge in [-0.05, 0) is 25.5 Å². The second kappa shape index (κ2) is 6.53. The maximum atomic E-state index is 11.8. The zero-order valence-corrected chi connectivity index (χ0v) is 10.8. The van der Waals surface area contributed by atoms with Crippen LogP contribution in [-0.4, -0.2) is 35.5 Å². The van der Waals surface area contributed by atoms with Crippen LogP contribution in [-0.2, 0) is 9.59 Å². The maximum Gasteiger partial charge on any atom is 0.325 e. The lowest BCUT2D eigenvalue weighted by Crippen LogP contribution is -2.44. The molecule has 6 heteroatoms. The Kier molecular flexibility index (Phi) is 5.05. The van der Waals surface area contributed by atoms with Gasteiger partial charge in [-0.3, -0.25) is 14.4 Å². The summed E-state index contributed by atoms with van der Waals surface area (Å²) < 4.78 is 0. The Hall–Kier alpha value is -2.37. The molecule has 0 aliphatic heterocycles. The van der Waals surface area contributed by atoms with Crippen molar-refractivity contribution >= 4 is 17.8 Å². The number of amides is 2. The molecule has 2 amide bonds. The van der Waals surface area contributed by atoms with E-state index >= 15 is 0 Å². The normalized spacial score (nSPS) is 11.5. The molecule has 1 rings (SSSR count). The van der Waals surface area contributed by atoms with Crippen molar-refractivity contribution in [2.24, 2.45) is 0 Å². The molecular formula is C13H16N2O4. The molecule has 0 aliphatic carbocycles. The zero-order valence-electron chi connectivity index (χ0n) is 10.8. The molecule has 0 spiro atoms. The van der Waals surface area contributed by atoms with Crippen LogP contribution in [0.15, 0.2) is 24.3 Å². The summed E-state index contributed by atoms with van der Waals surface area (Å²) in [5.41, 5.74) is 1.29. The topological polar surface area (TPSA) is 95.5 Å². The molecule has 0 radical (unpaired) electrons. The second-order valence-electron chi connectivity index (χ2n) is 4.13. The summed E-state index contributed by atoms with van der Waals surface area (Å²) >= 11 is 0. The van der Waals surface area contributed by atoms with Gasteiger partial charge >= 0.3 is 5.97 Å². The summed E-state index contributed by atoms with van der Waals surface area (Å²) in [4.78, 5) is 33.7. The number of hydrogen-bond donors (Lipinski definition) is 3. The van der Waals surface area contributed by atoms with Crippen LogP contribution in [0, 0.1) is 6.92 Å². The van der Waals surface area contributed by atoms with Crippen molar-refractivity contribution in [1.29, 1.82) is 0 Å². The second-order valence-corrected chi connectivity index (χ2v) is 4.13. The molecule has 0 heterocycles. The lowest BCUT2D eigenvalue weighted by Gasteiger charge is -2.10. The Bertz CT molecular complexity index is 499. The van der Waals surface area contributed by atoms with Gasteiger partial charge in [-0.15, -0.1) is 0 Å². The fraction of sp³-hybridized carbons (Fsp3) is 0.308. The quantitative estimate of drug-likeness (QED) is 0.713. The first-order chi connectivity index (χ1) is 8.91. The molecule has 3 N–H and O–H groups in total. The number of carboxylic acids is 1. The molecule has 0 aromatic heterocycles. The van der Waals surface area contributed by atoms with E-state index in [0.717, 1.165) is 5.56 Å². The van der Waals surface area contributed by atoms with Crippen molar-refractivity contribution in [1.82, 2.24) is 10.6 Å². The fourth-order valence-corrected chi connectivity index (χ4v) is 1.44. The molecule has 0 saturated carbocycles. The van der Waals surface area contributed by atoms with Gasteiger partial charge in [-0.25, -0.2) is 0 Å². The van der Waals surface area contributed by atoms with E-state index in [4.69, 9.17) is 5.11 Å². The molecule has 102 valence electrons. The molecule has 1 unspecified atom stereocenters. The largest absolute Gasteiger partial charge is 0.480 e. The number of aryl methyl sites for hydroxylation is 1. The molecule has 19 heavy (non-hydrogen) atoms. The van der Waals surface area contributed by atoms with Crippen molar-refractivity contribution in [3.63, 3.8) is 0 Å². The van der Waals surface area contributed by atoms with E-state index in [1.165, 1.54) is 6.92 Å². The predicted octanol–water partition coefficient (Wildman–Crippen LogP) is 0.314. The van der Waals surface area contributed by atoms with Crippen molar-refractivity contribution in [2.45, 2.75) is 19.9 Å². The van der Waals surface area contributed by atoms with Crippen LogP contribution in [0.25, 0.3) is 0 Å². The molecule has 1 atom stereocenters. The van der Waals surface area contributed by atoms with Gasteiger partial charge in [-0.2, -0.15) is 0 Å². The van der Waals surface area contributed by atoms with Crippen LogP contribution in [0.4, 0.5) is 0 Å².